The first-order valence-electron chi connectivity index (χ1n) is 13.6. The average Bonchev–Trinajstić information content (AvgIpc) is 3.67. The highest BCUT2D eigenvalue weighted by Gasteiger charge is 2.66. The Morgan fingerprint density at radius 3 is 1.95 bits per heavy atom. The van der Waals surface area contributed by atoms with Crippen molar-refractivity contribution in [3.05, 3.63) is 105 Å². The monoisotopic (exact) mass is 573 g/mol. The van der Waals surface area contributed by atoms with E-state index in [9.17, 15) is 15.0 Å². The number of nitrogens with zero attached hydrogens (tertiary/aromatic N) is 1. The van der Waals surface area contributed by atoms with Gasteiger partial charge in [0.25, 0.3) is 5.91 Å². The number of hydrogen-bond acceptors (Lipinski definition) is 4. The van der Waals surface area contributed by atoms with Gasteiger partial charge < -0.3 is 14.9 Å². The van der Waals surface area contributed by atoms with Crippen LogP contribution in [0.15, 0.2) is 66.7 Å². The third-order valence-electron chi connectivity index (χ3n) is 8.91. The average molecular weight is 574 g/mol. The minimum absolute atomic E-state index is 0.213. The Bertz CT molecular complexity index is 1450. The summed E-state index contributed by atoms with van der Waals surface area (Å²) in [5.74, 6) is -0.213. The van der Waals surface area contributed by atoms with Gasteiger partial charge in [-0.25, -0.2) is 0 Å². The zero-order valence-electron chi connectivity index (χ0n) is 23.9. The van der Waals surface area contributed by atoms with Gasteiger partial charge in [-0.15, -0.1) is 0 Å². The summed E-state index contributed by atoms with van der Waals surface area (Å²) in [6.07, 6.45) is 1.60. The lowest BCUT2D eigenvalue weighted by Gasteiger charge is -2.51. The Morgan fingerprint density at radius 2 is 1.45 bits per heavy atom. The van der Waals surface area contributed by atoms with Crippen molar-refractivity contribution in [2.45, 2.75) is 55.4 Å². The van der Waals surface area contributed by atoms with E-state index in [1.807, 2.05) is 67.8 Å². The zero-order valence-corrected chi connectivity index (χ0v) is 25.4. The molecule has 1 heterocycles. The van der Waals surface area contributed by atoms with Crippen LogP contribution in [0.1, 0.15) is 59.3 Å². The van der Waals surface area contributed by atoms with Crippen LogP contribution >= 0.6 is 23.2 Å². The largest absolute Gasteiger partial charge is 0.407 e. The second-order valence-corrected chi connectivity index (χ2v) is 13.6. The van der Waals surface area contributed by atoms with Crippen LogP contribution in [0.4, 0.5) is 0 Å². The molecule has 0 bridgehead atoms. The molecule has 1 aliphatic heterocycles. The van der Waals surface area contributed by atoms with Crippen LogP contribution in [0.5, 0.6) is 0 Å². The number of ether oxygens (including phenoxy) is 1. The van der Waals surface area contributed by atoms with Gasteiger partial charge in [0.2, 0.25) is 0 Å². The van der Waals surface area contributed by atoms with E-state index >= 15 is 0 Å². The number of hydrogen-bond donors (Lipinski definition) is 2. The van der Waals surface area contributed by atoms with E-state index in [-0.39, 0.29) is 12.5 Å². The molecule has 0 radical (unpaired) electrons. The fourth-order valence-electron chi connectivity index (χ4n) is 6.49. The molecule has 1 fully saturated rings. The van der Waals surface area contributed by atoms with E-state index in [0.717, 1.165) is 24.0 Å². The molecule has 2 aliphatic rings. The molecule has 0 spiro atoms. The van der Waals surface area contributed by atoms with Gasteiger partial charge in [-0.05, 0) is 73.6 Å². The van der Waals surface area contributed by atoms with E-state index in [1.165, 1.54) is 0 Å². The lowest BCUT2D eigenvalue weighted by atomic mass is 9.43. The van der Waals surface area contributed by atoms with Crippen molar-refractivity contribution in [3.8, 4) is 0 Å². The molecule has 0 unspecified atom stereocenters. The number of benzene rings is 3. The summed E-state index contributed by atoms with van der Waals surface area (Å²) < 4.78 is 7.31. The first-order chi connectivity index (χ1) is 18.5. The molecule has 0 saturated heterocycles. The normalized spacial score (nSPS) is 20.4. The van der Waals surface area contributed by atoms with Crippen molar-refractivity contribution in [3.63, 3.8) is 0 Å². The van der Waals surface area contributed by atoms with Gasteiger partial charge >= 0.3 is 0 Å². The Kier molecular flexibility index (Phi) is 7.12. The minimum atomic E-state index is -1.33. The predicted molar refractivity (Wildman–Crippen MR) is 170 cm³/mol. The molecule has 40 heavy (non-hydrogen) atoms. The van der Waals surface area contributed by atoms with Gasteiger partial charge in [0.05, 0.1) is 5.60 Å². The van der Waals surface area contributed by atoms with Crippen LogP contribution < -0.4 is 0 Å². The molecule has 5 nitrogen and oxygen atoms in total. The Balaban J connectivity index is 1.77. The number of fused-ring (bicyclic) bond motifs is 1. The summed E-state index contributed by atoms with van der Waals surface area (Å²) >= 11 is 12.5. The standard InChI is InChI=1S/C29H33B4Cl2NO4/c1-25(2,38)19-7-12-23-22(15-19)24(37)36(16-17-3-8-20(34)9-4-17)27(23,18-5-10-21(35)11-6-18)40-29(32,33)26(13-14-26)28(30,31)39/h3-12,15,38-39H,13-14,16,30-33H2,1-2H3/t27-/m1/s1. The van der Waals surface area contributed by atoms with Crippen LogP contribution in [0, 0.1) is 5.41 Å². The molecule has 1 saturated carbocycles. The van der Waals surface area contributed by atoms with Gasteiger partial charge in [0.15, 0.2) is 5.72 Å². The molecule has 1 amide bonds. The van der Waals surface area contributed by atoms with Crippen LogP contribution in [-0.2, 0) is 22.6 Å². The fraction of sp³-hybridized carbons (Fsp3) is 0.345. The highest BCUT2D eigenvalue weighted by Crippen LogP contribution is 2.61. The molecule has 3 aromatic rings. The molecule has 3 aromatic carbocycles. The zero-order chi connectivity index (χ0) is 29.3. The summed E-state index contributed by atoms with van der Waals surface area (Å²) in [6, 6.07) is 20.3. The van der Waals surface area contributed by atoms with E-state index in [2.05, 4.69) is 0 Å². The highest BCUT2D eigenvalue weighted by molar-refractivity contribution is 6.45. The lowest BCUT2D eigenvalue weighted by molar-refractivity contribution is -0.168. The molecule has 2 N–H and O–H groups in total. The summed E-state index contributed by atoms with van der Waals surface area (Å²) in [6.45, 7) is 3.65. The van der Waals surface area contributed by atoms with Gasteiger partial charge in [0, 0.05) is 44.1 Å². The van der Waals surface area contributed by atoms with Crippen LogP contribution in [-0.4, -0.2) is 63.2 Å². The third kappa shape index (κ3) is 4.74. The lowest BCUT2D eigenvalue weighted by Crippen LogP contribution is -2.62. The van der Waals surface area contributed by atoms with Crippen molar-refractivity contribution in [1.29, 1.82) is 0 Å². The second-order valence-electron chi connectivity index (χ2n) is 12.7. The van der Waals surface area contributed by atoms with Crippen molar-refractivity contribution < 1.29 is 19.7 Å². The van der Waals surface area contributed by atoms with Gasteiger partial charge in [-0.1, -0.05) is 59.6 Å². The van der Waals surface area contributed by atoms with Crippen molar-refractivity contribution in [1.82, 2.24) is 4.90 Å². The van der Waals surface area contributed by atoms with Crippen LogP contribution in [0.25, 0.3) is 0 Å². The molecule has 1 aliphatic carbocycles. The number of halogens is 2. The number of carbonyl (C=O) groups is 1. The minimum Gasteiger partial charge on any atom is -0.407 e. The summed E-state index contributed by atoms with van der Waals surface area (Å²) in [7, 11) is 7.66. The first kappa shape index (κ1) is 29.3. The first-order valence-corrected chi connectivity index (χ1v) is 14.4. The maximum Gasteiger partial charge on any atom is 0.257 e. The third-order valence-corrected chi connectivity index (χ3v) is 9.42. The fourth-order valence-corrected chi connectivity index (χ4v) is 6.74. The molecular formula is C29H33B4Cl2NO4. The van der Waals surface area contributed by atoms with E-state index in [0.29, 0.717) is 26.7 Å². The molecule has 204 valence electrons. The Labute approximate surface area is 249 Å². The number of aliphatic hydroxyl groups is 2. The number of carbonyl (C=O) groups excluding carboxylic acids is 1. The van der Waals surface area contributed by atoms with Crippen molar-refractivity contribution >= 4 is 60.5 Å². The Morgan fingerprint density at radius 1 is 0.900 bits per heavy atom. The van der Waals surface area contributed by atoms with E-state index in [4.69, 9.17) is 27.9 Å². The Hall–Kier alpha value is -2.15. The van der Waals surface area contributed by atoms with Gasteiger partial charge in [-0.3, -0.25) is 9.69 Å². The predicted octanol–water partition coefficient (Wildman–Crippen LogP) is 1.71. The van der Waals surface area contributed by atoms with Gasteiger partial charge in [0.1, 0.15) is 31.4 Å². The molecule has 0 aromatic heterocycles. The molecule has 1 atom stereocenters. The van der Waals surface area contributed by atoms with Crippen LogP contribution in [0.3, 0.4) is 0 Å². The smallest absolute Gasteiger partial charge is 0.257 e. The molecular weight excluding hydrogens is 540 g/mol. The highest BCUT2D eigenvalue weighted by atomic mass is 35.5. The second kappa shape index (κ2) is 9.71. The number of rotatable bonds is 8. The maximum absolute atomic E-state index is 14.4. The molecule has 11 heteroatoms. The van der Waals surface area contributed by atoms with Gasteiger partial charge in [-0.2, -0.15) is 0 Å². The van der Waals surface area contributed by atoms with E-state index in [1.54, 1.807) is 49.1 Å². The number of amides is 1. The van der Waals surface area contributed by atoms with Crippen molar-refractivity contribution in [2.75, 3.05) is 0 Å². The van der Waals surface area contributed by atoms with E-state index < -0.39 is 27.5 Å². The van der Waals surface area contributed by atoms with Crippen LogP contribution in [0.2, 0.25) is 10.0 Å². The van der Waals surface area contributed by atoms with Crippen molar-refractivity contribution in [2.24, 2.45) is 5.41 Å². The summed E-state index contributed by atoms with van der Waals surface area (Å²) in [5.41, 5.74) is 0.427. The topological polar surface area (TPSA) is 70.0 Å². The maximum atomic E-state index is 14.4. The summed E-state index contributed by atoms with van der Waals surface area (Å²) in [5, 5.41) is 21.4. The molecule has 5 rings (SSSR count). The quantitative estimate of drug-likeness (QED) is 0.403. The SMILES string of the molecule is BC(B)(O)C1(C(B)(B)O[C@]2(c3ccc(Cl)cc3)c3ccc(C(C)(C)O)cc3C(=O)N2Cc2ccc(Cl)cc2)CC1. The summed E-state index contributed by atoms with van der Waals surface area (Å²) in [4.78, 5) is 16.2.